The van der Waals surface area contributed by atoms with Gasteiger partial charge >= 0.3 is 0 Å². The molecular weight excluding hydrogens is 182 g/mol. The Labute approximate surface area is 81.9 Å². The molecule has 0 radical (unpaired) electrons. The molecular formula is C10H11NO3. The lowest BCUT2D eigenvalue weighted by Crippen LogP contribution is -2.32. The largest absolute Gasteiger partial charge is 0.482 e. The van der Waals surface area contributed by atoms with Crippen molar-refractivity contribution in [1.82, 2.24) is 0 Å². The number of nitrogens with one attached hydrogen (secondary N) is 1. The van der Waals surface area contributed by atoms with Crippen LogP contribution in [0.5, 0.6) is 11.5 Å². The first kappa shape index (κ1) is 8.87. The van der Waals surface area contributed by atoms with Gasteiger partial charge in [-0.15, -0.1) is 0 Å². The summed E-state index contributed by atoms with van der Waals surface area (Å²) in [4.78, 5) is 0. The topological polar surface area (TPSA) is 51.5 Å². The van der Waals surface area contributed by atoms with E-state index in [-0.39, 0.29) is 5.90 Å². The molecule has 1 aliphatic rings. The van der Waals surface area contributed by atoms with E-state index >= 15 is 0 Å². The van der Waals surface area contributed by atoms with Gasteiger partial charge in [-0.05, 0) is 12.1 Å². The molecule has 14 heavy (non-hydrogen) atoms. The maximum absolute atomic E-state index is 7.16. The van der Waals surface area contributed by atoms with Crippen LogP contribution in [-0.4, -0.2) is 18.8 Å². The SMILES string of the molecule is CC(=N)OC1COc2ccccc2O1. The summed E-state index contributed by atoms with van der Waals surface area (Å²) in [6, 6.07) is 7.39. The van der Waals surface area contributed by atoms with Gasteiger partial charge in [-0.2, -0.15) is 0 Å². The summed E-state index contributed by atoms with van der Waals surface area (Å²) < 4.78 is 15.9. The van der Waals surface area contributed by atoms with Crippen LogP contribution in [0.2, 0.25) is 0 Å². The highest BCUT2D eigenvalue weighted by Gasteiger charge is 2.21. The number of hydrogen-bond donors (Lipinski definition) is 1. The Balaban J connectivity index is 2.09. The van der Waals surface area contributed by atoms with Crippen LogP contribution in [0.4, 0.5) is 0 Å². The number of fused-ring (bicyclic) bond motifs is 1. The van der Waals surface area contributed by atoms with Crippen molar-refractivity contribution in [3.05, 3.63) is 24.3 Å². The average Bonchev–Trinajstić information content (AvgIpc) is 2.17. The number of hydrogen-bond acceptors (Lipinski definition) is 4. The Hall–Kier alpha value is -1.71. The highest BCUT2D eigenvalue weighted by atomic mass is 16.7. The molecule has 1 aromatic carbocycles. The summed E-state index contributed by atoms with van der Waals surface area (Å²) in [5.41, 5.74) is 0. The first-order valence-electron chi connectivity index (χ1n) is 4.36. The molecule has 4 nitrogen and oxygen atoms in total. The molecule has 1 aliphatic heterocycles. The average molecular weight is 193 g/mol. The fourth-order valence-electron chi connectivity index (χ4n) is 1.26. The molecule has 0 aliphatic carbocycles. The van der Waals surface area contributed by atoms with Crippen molar-refractivity contribution >= 4 is 5.90 Å². The van der Waals surface area contributed by atoms with Gasteiger partial charge in [-0.1, -0.05) is 12.1 Å². The second-order valence-electron chi connectivity index (χ2n) is 2.98. The quantitative estimate of drug-likeness (QED) is 0.546. The predicted molar refractivity (Wildman–Crippen MR) is 50.8 cm³/mol. The Morgan fingerprint density at radius 1 is 1.43 bits per heavy atom. The second kappa shape index (κ2) is 3.57. The monoisotopic (exact) mass is 193 g/mol. The van der Waals surface area contributed by atoms with Crippen LogP contribution in [0.1, 0.15) is 6.92 Å². The first-order valence-corrected chi connectivity index (χ1v) is 4.36. The standard InChI is InChI=1S/C10H11NO3/c1-7(11)13-10-6-12-8-4-2-3-5-9(8)14-10/h2-5,10-11H,6H2,1H3. The summed E-state index contributed by atoms with van der Waals surface area (Å²) in [6.07, 6.45) is -0.512. The number of ether oxygens (including phenoxy) is 3. The molecule has 1 atom stereocenters. The normalized spacial score (nSPS) is 18.8. The lowest BCUT2D eigenvalue weighted by atomic mass is 10.3. The molecule has 4 heteroatoms. The molecule has 0 bridgehead atoms. The summed E-state index contributed by atoms with van der Waals surface area (Å²) in [7, 11) is 0. The van der Waals surface area contributed by atoms with E-state index in [9.17, 15) is 0 Å². The first-order chi connectivity index (χ1) is 6.75. The third-order valence-corrected chi connectivity index (χ3v) is 1.79. The summed E-state index contributed by atoms with van der Waals surface area (Å²) >= 11 is 0. The van der Waals surface area contributed by atoms with Crippen molar-refractivity contribution in [1.29, 1.82) is 5.41 Å². The van der Waals surface area contributed by atoms with E-state index in [2.05, 4.69) is 0 Å². The van der Waals surface area contributed by atoms with E-state index in [1.54, 1.807) is 6.92 Å². The van der Waals surface area contributed by atoms with Crippen molar-refractivity contribution in [3.63, 3.8) is 0 Å². The van der Waals surface area contributed by atoms with Crippen LogP contribution in [0.15, 0.2) is 24.3 Å². The smallest absolute Gasteiger partial charge is 0.276 e. The van der Waals surface area contributed by atoms with Gasteiger partial charge < -0.3 is 14.2 Å². The summed E-state index contributed by atoms with van der Waals surface area (Å²) in [5.74, 6) is 1.50. The zero-order valence-electron chi connectivity index (χ0n) is 7.82. The molecule has 74 valence electrons. The summed E-state index contributed by atoms with van der Waals surface area (Å²) in [5, 5.41) is 7.16. The maximum atomic E-state index is 7.16. The predicted octanol–water partition coefficient (Wildman–Crippen LogP) is 1.80. The Morgan fingerprint density at radius 2 is 2.14 bits per heavy atom. The fraction of sp³-hybridized carbons (Fsp3) is 0.300. The van der Waals surface area contributed by atoms with Crippen molar-refractivity contribution in [2.45, 2.75) is 13.2 Å². The fourth-order valence-corrected chi connectivity index (χ4v) is 1.26. The van der Waals surface area contributed by atoms with Gasteiger partial charge in [0.1, 0.15) is 0 Å². The van der Waals surface area contributed by atoms with Gasteiger partial charge in [0, 0.05) is 6.92 Å². The highest BCUT2D eigenvalue weighted by molar-refractivity contribution is 5.69. The molecule has 0 spiro atoms. The highest BCUT2D eigenvalue weighted by Crippen LogP contribution is 2.30. The van der Waals surface area contributed by atoms with Crippen LogP contribution in [0.3, 0.4) is 0 Å². The zero-order valence-corrected chi connectivity index (χ0v) is 7.82. The van der Waals surface area contributed by atoms with Gasteiger partial charge in [0.15, 0.2) is 24.0 Å². The lowest BCUT2D eigenvalue weighted by Gasteiger charge is -2.25. The second-order valence-corrected chi connectivity index (χ2v) is 2.98. The van der Waals surface area contributed by atoms with Crippen molar-refractivity contribution in [2.75, 3.05) is 6.61 Å². The molecule has 1 aromatic rings. The van der Waals surface area contributed by atoms with Gasteiger partial charge in [0.25, 0.3) is 6.29 Å². The lowest BCUT2D eigenvalue weighted by molar-refractivity contribution is -0.0576. The minimum atomic E-state index is -0.512. The van der Waals surface area contributed by atoms with Crippen LogP contribution in [0, 0.1) is 5.41 Å². The molecule has 2 rings (SSSR count). The van der Waals surface area contributed by atoms with E-state index in [1.165, 1.54) is 0 Å². The van der Waals surface area contributed by atoms with Gasteiger partial charge in [0.05, 0.1) is 0 Å². The molecule has 0 fully saturated rings. The molecule has 0 amide bonds. The Morgan fingerprint density at radius 3 is 2.86 bits per heavy atom. The number of benzene rings is 1. The zero-order chi connectivity index (χ0) is 9.97. The molecule has 1 heterocycles. The van der Waals surface area contributed by atoms with Crippen LogP contribution in [0.25, 0.3) is 0 Å². The van der Waals surface area contributed by atoms with E-state index in [0.717, 1.165) is 5.75 Å². The molecule has 0 saturated carbocycles. The van der Waals surface area contributed by atoms with Gasteiger partial charge in [-0.3, -0.25) is 5.41 Å². The van der Waals surface area contributed by atoms with Crippen LogP contribution < -0.4 is 9.47 Å². The molecule has 0 saturated heterocycles. The molecule has 0 aromatic heterocycles. The van der Waals surface area contributed by atoms with E-state index in [1.807, 2.05) is 24.3 Å². The van der Waals surface area contributed by atoms with Crippen molar-refractivity contribution in [3.8, 4) is 11.5 Å². The van der Waals surface area contributed by atoms with Crippen molar-refractivity contribution in [2.24, 2.45) is 0 Å². The molecule has 1 unspecified atom stereocenters. The third-order valence-electron chi connectivity index (χ3n) is 1.79. The third kappa shape index (κ3) is 1.79. The maximum Gasteiger partial charge on any atom is 0.276 e. The Bertz CT molecular complexity index is 351. The summed E-state index contributed by atoms with van der Waals surface area (Å²) in [6.45, 7) is 1.87. The minimum Gasteiger partial charge on any atom is -0.482 e. The number of para-hydroxylation sites is 2. The van der Waals surface area contributed by atoms with Gasteiger partial charge in [0.2, 0.25) is 0 Å². The van der Waals surface area contributed by atoms with Crippen molar-refractivity contribution < 1.29 is 14.2 Å². The Kier molecular flexibility index (Phi) is 2.26. The minimum absolute atomic E-state index is 0.123. The molecule has 1 N–H and O–H groups in total. The number of rotatable bonds is 1. The van der Waals surface area contributed by atoms with E-state index in [0.29, 0.717) is 12.4 Å². The van der Waals surface area contributed by atoms with Gasteiger partial charge in [-0.25, -0.2) is 0 Å². The van der Waals surface area contributed by atoms with Crippen LogP contribution >= 0.6 is 0 Å². The van der Waals surface area contributed by atoms with Crippen LogP contribution in [-0.2, 0) is 4.74 Å². The van der Waals surface area contributed by atoms with E-state index in [4.69, 9.17) is 19.6 Å². The van der Waals surface area contributed by atoms with E-state index < -0.39 is 6.29 Å².